The number of hydrogen-bond donors (Lipinski definition) is 1. The predicted molar refractivity (Wildman–Crippen MR) is 75.3 cm³/mol. The number of amides is 1. The van der Waals surface area contributed by atoms with E-state index in [4.69, 9.17) is 15.4 Å². The zero-order chi connectivity index (χ0) is 15.6. The van der Waals surface area contributed by atoms with Crippen molar-refractivity contribution >= 4 is 25.6 Å². The van der Waals surface area contributed by atoms with Crippen molar-refractivity contribution in [1.29, 1.82) is 0 Å². The summed E-state index contributed by atoms with van der Waals surface area (Å²) in [4.78, 5) is 11.4. The molecule has 0 aliphatic carbocycles. The van der Waals surface area contributed by atoms with Gasteiger partial charge in [0.1, 0.15) is 10.7 Å². The number of benzene rings is 1. The highest BCUT2D eigenvalue weighted by Crippen LogP contribution is 2.21. The molecule has 0 radical (unpaired) electrons. The van der Waals surface area contributed by atoms with Gasteiger partial charge in [-0.15, -0.1) is 0 Å². The van der Waals surface area contributed by atoms with Crippen LogP contribution in [0.25, 0.3) is 0 Å². The van der Waals surface area contributed by atoms with Gasteiger partial charge in [0.25, 0.3) is 15.0 Å². The van der Waals surface area contributed by atoms with Crippen molar-refractivity contribution in [2.24, 2.45) is 0 Å². The SMILES string of the molecule is CC(NC(=O)c1ccc(F)c(S(=O)(=O)Cl)c1)C1CCCO1. The number of ether oxygens (including phenoxy) is 1. The highest BCUT2D eigenvalue weighted by molar-refractivity contribution is 8.13. The quantitative estimate of drug-likeness (QED) is 0.855. The highest BCUT2D eigenvalue weighted by atomic mass is 35.7. The summed E-state index contributed by atoms with van der Waals surface area (Å²) < 4.78 is 41.3. The minimum Gasteiger partial charge on any atom is -0.376 e. The van der Waals surface area contributed by atoms with E-state index < -0.39 is 25.7 Å². The van der Waals surface area contributed by atoms with E-state index in [0.717, 1.165) is 25.0 Å². The number of halogens is 2. The van der Waals surface area contributed by atoms with Gasteiger partial charge >= 0.3 is 0 Å². The molecule has 0 aromatic heterocycles. The number of carbonyl (C=O) groups is 1. The number of rotatable bonds is 4. The number of hydrogen-bond acceptors (Lipinski definition) is 4. The molecule has 1 heterocycles. The molecule has 1 aliphatic heterocycles. The fourth-order valence-electron chi connectivity index (χ4n) is 2.21. The Balaban J connectivity index is 2.16. The molecule has 1 aromatic carbocycles. The topological polar surface area (TPSA) is 72.5 Å². The second-order valence-corrected chi connectivity index (χ2v) is 7.43. The van der Waals surface area contributed by atoms with Gasteiger partial charge in [-0.2, -0.15) is 0 Å². The Morgan fingerprint density at radius 2 is 2.24 bits per heavy atom. The van der Waals surface area contributed by atoms with Crippen LogP contribution >= 0.6 is 10.7 Å². The normalized spacial score (nSPS) is 20.2. The third-order valence-corrected chi connectivity index (χ3v) is 4.67. The molecule has 0 spiro atoms. The molecule has 1 fully saturated rings. The lowest BCUT2D eigenvalue weighted by Crippen LogP contribution is -2.40. The minimum absolute atomic E-state index is 0.0282. The van der Waals surface area contributed by atoms with Crippen LogP contribution < -0.4 is 5.32 Å². The van der Waals surface area contributed by atoms with Crippen LogP contribution in [-0.4, -0.2) is 33.1 Å². The molecule has 21 heavy (non-hydrogen) atoms. The standard InChI is InChI=1S/C13H15ClFNO4S/c1-8(11-3-2-6-20-11)16-13(17)9-4-5-10(15)12(7-9)21(14,18)19/h4-5,7-8,11H,2-3,6H2,1H3,(H,16,17). The Kier molecular flexibility index (Phi) is 4.85. The van der Waals surface area contributed by atoms with Crippen LogP contribution in [0.3, 0.4) is 0 Å². The first-order valence-electron chi connectivity index (χ1n) is 6.45. The molecule has 8 heteroatoms. The zero-order valence-electron chi connectivity index (χ0n) is 11.3. The largest absolute Gasteiger partial charge is 0.376 e. The molecule has 116 valence electrons. The molecule has 2 atom stereocenters. The summed E-state index contributed by atoms with van der Waals surface area (Å²) in [5.41, 5.74) is 0.0282. The van der Waals surface area contributed by atoms with E-state index in [9.17, 15) is 17.6 Å². The average Bonchev–Trinajstić information content (AvgIpc) is 2.91. The van der Waals surface area contributed by atoms with Gasteiger partial charge in [0.05, 0.1) is 12.1 Å². The van der Waals surface area contributed by atoms with Gasteiger partial charge in [-0.3, -0.25) is 4.79 Å². The second-order valence-electron chi connectivity index (χ2n) is 4.90. The van der Waals surface area contributed by atoms with E-state index >= 15 is 0 Å². The Hall–Kier alpha value is -1.18. The monoisotopic (exact) mass is 335 g/mol. The molecule has 1 aromatic rings. The van der Waals surface area contributed by atoms with Gasteiger partial charge in [0.2, 0.25) is 0 Å². The first-order chi connectivity index (χ1) is 9.79. The summed E-state index contributed by atoms with van der Waals surface area (Å²) in [7, 11) is 0.889. The molecule has 2 unspecified atom stereocenters. The van der Waals surface area contributed by atoms with Crippen LogP contribution in [0.15, 0.2) is 23.1 Å². The third-order valence-electron chi connectivity index (χ3n) is 3.34. The summed E-state index contributed by atoms with van der Waals surface area (Å²) in [5, 5.41) is 2.71. The van der Waals surface area contributed by atoms with E-state index in [1.165, 1.54) is 6.07 Å². The molecule has 1 N–H and O–H groups in total. The molecule has 2 rings (SSSR count). The first-order valence-corrected chi connectivity index (χ1v) is 8.76. The van der Waals surface area contributed by atoms with Crippen molar-refractivity contribution in [3.63, 3.8) is 0 Å². The molecule has 1 saturated heterocycles. The van der Waals surface area contributed by atoms with Crippen LogP contribution in [0.2, 0.25) is 0 Å². The summed E-state index contributed by atoms with van der Waals surface area (Å²) in [5.74, 6) is -1.49. The molecule has 0 bridgehead atoms. The van der Waals surface area contributed by atoms with Crippen LogP contribution in [0, 0.1) is 5.82 Å². The Bertz CT molecular complexity index is 644. The van der Waals surface area contributed by atoms with Crippen LogP contribution in [0.5, 0.6) is 0 Å². The van der Waals surface area contributed by atoms with Crippen LogP contribution in [-0.2, 0) is 13.8 Å². The van der Waals surface area contributed by atoms with Gasteiger partial charge in [0, 0.05) is 22.9 Å². The lowest BCUT2D eigenvalue weighted by Gasteiger charge is -2.20. The van der Waals surface area contributed by atoms with Crippen LogP contribution in [0.1, 0.15) is 30.1 Å². The summed E-state index contributed by atoms with van der Waals surface area (Å²) in [6.45, 7) is 2.46. The number of nitrogens with one attached hydrogen (secondary N) is 1. The van der Waals surface area contributed by atoms with Gasteiger partial charge in [-0.1, -0.05) is 0 Å². The van der Waals surface area contributed by atoms with E-state index in [0.29, 0.717) is 6.61 Å². The smallest absolute Gasteiger partial charge is 0.264 e. The fourth-order valence-corrected chi connectivity index (χ4v) is 3.13. The third kappa shape index (κ3) is 3.93. The lowest BCUT2D eigenvalue weighted by atomic mass is 10.1. The summed E-state index contributed by atoms with van der Waals surface area (Å²) in [6, 6.07) is 2.82. The van der Waals surface area contributed by atoms with Crippen molar-refractivity contribution in [3.8, 4) is 0 Å². The maximum absolute atomic E-state index is 13.4. The average molecular weight is 336 g/mol. The Morgan fingerprint density at radius 3 is 2.81 bits per heavy atom. The summed E-state index contributed by atoms with van der Waals surface area (Å²) in [6.07, 6.45) is 1.73. The molecular weight excluding hydrogens is 321 g/mol. The maximum Gasteiger partial charge on any atom is 0.264 e. The first kappa shape index (κ1) is 16.2. The summed E-state index contributed by atoms with van der Waals surface area (Å²) >= 11 is 0. The fraction of sp³-hybridized carbons (Fsp3) is 0.462. The molecule has 1 aliphatic rings. The molecule has 5 nitrogen and oxygen atoms in total. The van der Waals surface area contributed by atoms with Crippen molar-refractivity contribution < 1.29 is 22.3 Å². The lowest BCUT2D eigenvalue weighted by molar-refractivity contribution is 0.0712. The Labute approximate surface area is 126 Å². The molecular formula is C13H15ClFNO4S. The van der Waals surface area contributed by atoms with Gasteiger partial charge < -0.3 is 10.1 Å². The predicted octanol–water partition coefficient (Wildman–Crippen LogP) is 2.05. The van der Waals surface area contributed by atoms with Gasteiger partial charge in [-0.25, -0.2) is 12.8 Å². The van der Waals surface area contributed by atoms with E-state index in [2.05, 4.69) is 5.32 Å². The van der Waals surface area contributed by atoms with Gasteiger partial charge in [0.15, 0.2) is 0 Å². The number of carbonyl (C=O) groups excluding carboxylic acids is 1. The van der Waals surface area contributed by atoms with E-state index in [-0.39, 0.29) is 17.7 Å². The van der Waals surface area contributed by atoms with Crippen LogP contribution in [0.4, 0.5) is 4.39 Å². The van der Waals surface area contributed by atoms with Crippen molar-refractivity contribution in [1.82, 2.24) is 5.32 Å². The minimum atomic E-state index is -4.24. The van der Waals surface area contributed by atoms with Crippen molar-refractivity contribution in [3.05, 3.63) is 29.6 Å². The second kappa shape index (κ2) is 6.29. The zero-order valence-corrected chi connectivity index (χ0v) is 12.9. The maximum atomic E-state index is 13.4. The van der Waals surface area contributed by atoms with E-state index in [1.807, 2.05) is 0 Å². The van der Waals surface area contributed by atoms with E-state index in [1.54, 1.807) is 6.92 Å². The van der Waals surface area contributed by atoms with Crippen molar-refractivity contribution in [2.45, 2.75) is 36.8 Å². The van der Waals surface area contributed by atoms with Gasteiger partial charge in [-0.05, 0) is 38.0 Å². The van der Waals surface area contributed by atoms with Crippen molar-refractivity contribution in [2.75, 3.05) is 6.61 Å². The molecule has 0 saturated carbocycles. The highest BCUT2D eigenvalue weighted by Gasteiger charge is 2.25. The molecule has 1 amide bonds. The Morgan fingerprint density at radius 1 is 1.52 bits per heavy atom.